The molecular formula is C14H27N3O2. The van der Waals surface area contributed by atoms with Crippen LogP contribution in [0.1, 0.15) is 32.1 Å². The van der Waals surface area contributed by atoms with Gasteiger partial charge in [-0.1, -0.05) is 0 Å². The third-order valence-electron chi connectivity index (χ3n) is 4.79. The number of carbonyl (C=O) groups excluding carboxylic acids is 1. The number of nitrogens with zero attached hydrogens (tertiary/aromatic N) is 2. The molecule has 1 heterocycles. The molecule has 19 heavy (non-hydrogen) atoms. The van der Waals surface area contributed by atoms with Crippen molar-refractivity contribution in [3.05, 3.63) is 0 Å². The Labute approximate surface area is 116 Å². The van der Waals surface area contributed by atoms with Crippen LogP contribution in [-0.4, -0.2) is 67.7 Å². The third kappa shape index (κ3) is 3.09. The highest BCUT2D eigenvalue weighted by Gasteiger charge is 2.45. The van der Waals surface area contributed by atoms with Crippen LogP contribution < -0.4 is 5.73 Å². The Hall–Kier alpha value is -0.650. The van der Waals surface area contributed by atoms with Crippen molar-refractivity contribution in [2.24, 2.45) is 5.73 Å². The molecule has 5 heteroatoms. The molecule has 2 rings (SSSR count). The molecule has 1 saturated carbocycles. The summed E-state index contributed by atoms with van der Waals surface area (Å²) >= 11 is 0. The van der Waals surface area contributed by atoms with E-state index in [9.17, 15) is 4.79 Å². The molecule has 3 unspecified atom stereocenters. The molecule has 0 radical (unpaired) electrons. The molecule has 0 aromatic carbocycles. The van der Waals surface area contributed by atoms with Gasteiger partial charge in [-0.15, -0.1) is 0 Å². The highest BCUT2D eigenvalue weighted by atomic mass is 16.5. The van der Waals surface area contributed by atoms with Crippen LogP contribution in [0.15, 0.2) is 0 Å². The molecule has 1 aliphatic carbocycles. The Morgan fingerprint density at radius 3 is 2.79 bits per heavy atom. The Balaban J connectivity index is 1.95. The SMILES string of the molecule is COC(=O)C1(N)CCC(N2CCCC(N(C)C)C2)C1. The van der Waals surface area contributed by atoms with E-state index in [0.717, 1.165) is 32.4 Å². The largest absolute Gasteiger partial charge is 0.468 e. The monoisotopic (exact) mass is 269 g/mol. The smallest absolute Gasteiger partial charge is 0.325 e. The number of rotatable bonds is 3. The van der Waals surface area contributed by atoms with Crippen molar-refractivity contribution >= 4 is 5.97 Å². The van der Waals surface area contributed by atoms with Crippen molar-refractivity contribution in [2.45, 2.75) is 49.7 Å². The van der Waals surface area contributed by atoms with Crippen molar-refractivity contribution < 1.29 is 9.53 Å². The zero-order chi connectivity index (χ0) is 14.0. The summed E-state index contributed by atoms with van der Waals surface area (Å²) < 4.78 is 4.84. The zero-order valence-electron chi connectivity index (χ0n) is 12.4. The molecule has 2 fully saturated rings. The molecule has 0 spiro atoms. The Kier molecular flexibility index (Phi) is 4.48. The van der Waals surface area contributed by atoms with Gasteiger partial charge in [0.1, 0.15) is 5.54 Å². The maximum atomic E-state index is 11.8. The summed E-state index contributed by atoms with van der Waals surface area (Å²) in [5.74, 6) is -0.254. The normalized spacial score (nSPS) is 36.7. The second-order valence-electron chi connectivity index (χ2n) is 6.30. The van der Waals surface area contributed by atoms with E-state index in [4.69, 9.17) is 10.5 Å². The van der Waals surface area contributed by atoms with Gasteiger partial charge >= 0.3 is 5.97 Å². The lowest BCUT2D eigenvalue weighted by Gasteiger charge is -2.39. The van der Waals surface area contributed by atoms with E-state index in [2.05, 4.69) is 23.9 Å². The summed E-state index contributed by atoms with van der Waals surface area (Å²) in [5, 5.41) is 0. The van der Waals surface area contributed by atoms with Gasteiger partial charge in [0.25, 0.3) is 0 Å². The van der Waals surface area contributed by atoms with Gasteiger partial charge in [-0.2, -0.15) is 0 Å². The number of hydrogen-bond donors (Lipinski definition) is 1. The molecule has 3 atom stereocenters. The van der Waals surface area contributed by atoms with Crippen LogP contribution in [0.5, 0.6) is 0 Å². The number of esters is 1. The molecule has 0 aromatic rings. The first-order chi connectivity index (χ1) is 8.96. The zero-order valence-corrected chi connectivity index (χ0v) is 12.4. The van der Waals surface area contributed by atoms with Crippen LogP contribution in [0.2, 0.25) is 0 Å². The number of methoxy groups -OCH3 is 1. The van der Waals surface area contributed by atoms with Gasteiger partial charge in [0.05, 0.1) is 7.11 Å². The summed E-state index contributed by atoms with van der Waals surface area (Å²) in [7, 11) is 5.71. The first-order valence-corrected chi connectivity index (χ1v) is 7.24. The molecule has 5 nitrogen and oxygen atoms in total. The number of ether oxygens (including phenoxy) is 1. The number of likely N-dealkylation sites (N-methyl/N-ethyl adjacent to an activating group) is 1. The molecule has 0 amide bonds. The van der Waals surface area contributed by atoms with E-state index in [-0.39, 0.29) is 5.97 Å². The maximum Gasteiger partial charge on any atom is 0.325 e. The molecule has 110 valence electrons. The Morgan fingerprint density at radius 1 is 1.42 bits per heavy atom. The highest BCUT2D eigenvalue weighted by molar-refractivity contribution is 5.81. The lowest BCUT2D eigenvalue weighted by molar-refractivity contribution is -0.147. The lowest BCUT2D eigenvalue weighted by Crippen LogP contribution is -2.51. The first kappa shape index (κ1) is 14.8. The Morgan fingerprint density at radius 2 is 2.16 bits per heavy atom. The van der Waals surface area contributed by atoms with Crippen molar-refractivity contribution in [1.82, 2.24) is 9.80 Å². The van der Waals surface area contributed by atoms with Gasteiger partial charge in [-0.05, 0) is 52.7 Å². The van der Waals surface area contributed by atoms with Crippen molar-refractivity contribution in [1.29, 1.82) is 0 Å². The predicted molar refractivity (Wildman–Crippen MR) is 74.9 cm³/mol. The second-order valence-corrected chi connectivity index (χ2v) is 6.30. The molecular weight excluding hydrogens is 242 g/mol. The van der Waals surface area contributed by atoms with E-state index < -0.39 is 5.54 Å². The average molecular weight is 269 g/mol. The van der Waals surface area contributed by atoms with Gasteiger partial charge in [-0.3, -0.25) is 9.69 Å². The molecule has 2 aliphatic rings. The average Bonchev–Trinajstić information content (AvgIpc) is 2.82. The van der Waals surface area contributed by atoms with Gasteiger partial charge in [0.15, 0.2) is 0 Å². The van der Waals surface area contributed by atoms with Crippen LogP contribution in [-0.2, 0) is 9.53 Å². The predicted octanol–water partition coefficient (Wildman–Crippen LogP) is 0.435. The summed E-state index contributed by atoms with van der Waals surface area (Å²) in [6, 6.07) is 1.06. The van der Waals surface area contributed by atoms with Gasteiger partial charge in [0, 0.05) is 18.6 Å². The quantitative estimate of drug-likeness (QED) is 0.753. The first-order valence-electron chi connectivity index (χ1n) is 7.24. The minimum atomic E-state index is -0.759. The van der Waals surface area contributed by atoms with Crippen molar-refractivity contribution in [2.75, 3.05) is 34.3 Å². The summed E-state index contributed by atoms with van der Waals surface area (Å²) in [6.07, 6.45) is 4.98. The van der Waals surface area contributed by atoms with E-state index in [1.807, 2.05) is 0 Å². The van der Waals surface area contributed by atoms with Gasteiger partial charge < -0.3 is 15.4 Å². The second kappa shape index (κ2) is 5.77. The standard InChI is InChI=1S/C14H27N3O2/c1-16(2)12-5-4-8-17(10-12)11-6-7-14(15,9-11)13(18)19-3/h11-12H,4-10,15H2,1-3H3. The van der Waals surface area contributed by atoms with E-state index >= 15 is 0 Å². The minimum Gasteiger partial charge on any atom is -0.468 e. The number of carbonyl (C=O) groups is 1. The van der Waals surface area contributed by atoms with Gasteiger partial charge in [-0.25, -0.2) is 0 Å². The van der Waals surface area contributed by atoms with Crippen LogP contribution in [0.4, 0.5) is 0 Å². The number of likely N-dealkylation sites (tertiary alicyclic amines) is 1. The van der Waals surface area contributed by atoms with E-state index in [1.165, 1.54) is 20.0 Å². The van der Waals surface area contributed by atoms with Crippen molar-refractivity contribution in [3.63, 3.8) is 0 Å². The highest BCUT2D eigenvalue weighted by Crippen LogP contribution is 2.33. The minimum absolute atomic E-state index is 0.254. The molecule has 0 bridgehead atoms. The lowest BCUT2D eigenvalue weighted by atomic mass is 9.97. The van der Waals surface area contributed by atoms with Crippen LogP contribution >= 0.6 is 0 Å². The van der Waals surface area contributed by atoms with Gasteiger partial charge in [0.2, 0.25) is 0 Å². The van der Waals surface area contributed by atoms with Crippen LogP contribution in [0.25, 0.3) is 0 Å². The maximum absolute atomic E-state index is 11.8. The molecule has 2 N–H and O–H groups in total. The number of piperidine rings is 1. The van der Waals surface area contributed by atoms with Crippen LogP contribution in [0.3, 0.4) is 0 Å². The number of hydrogen-bond acceptors (Lipinski definition) is 5. The number of nitrogens with two attached hydrogens (primary N) is 1. The molecule has 1 aliphatic heterocycles. The topological polar surface area (TPSA) is 58.8 Å². The molecule has 0 aromatic heterocycles. The van der Waals surface area contributed by atoms with Crippen LogP contribution in [0, 0.1) is 0 Å². The fraction of sp³-hybridized carbons (Fsp3) is 0.929. The molecule has 1 saturated heterocycles. The Bertz CT molecular complexity index is 335. The van der Waals surface area contributed by atoms with E-state index in [1.54, 1.807) is 0 Å². The fourth-order valence-corrected chi connectivity index (χ4v) is 3.49. The third-order valence-corrected chi connectivity index (χ3v) is 4.79. The van der Waals surface area contributed by atoms with Crippen molar-refractivity contribution in [3.8, 4) is 0 Å². The van der Waals surface area contributed by atoms with E-state index in [0.29, 0.717) is 12.1 Å². The summed E-state index contributed by atoms with van der Waals surface area (Å²) in [5.41, 5.74) is 5.43. The fourth-order valence-electron chi connectivity index (χ4n) is 3.49. The summed E-state index contributed by atoms with van der Waals surface area (Å²) in [4.78, 5) is 16.6. The summed E-state index contributed by atoms with van der Waals surface area (Å²) in [6.45, 7) is 2.22.